The molecule has 0 aliphatic heterocycles. The lowest BCUT2D eigenvalue weighted by molar-refractivity contribution is -0.0704. The third-order valence-electron chi connectivity index (χ3n) is 2.83. The molecular weight excluding hydrogens is 188 g/mol. The van der Waals surface area contributed by atoms with Gasteiger partial charge in [0.15, 0.2) is 6.29 Å². The summed E-state index contributed by atoms with van der Waals surface area (Å²) < 4.78 is 0. The largest absolute Gasteiger partial charge is 0.368 e. The van der Waals surface area contributed by atoms with E-state index in [9.17, 15) is 10.2 Å². The van der Waals surface area contributed by atoms with Gasteiger partial charge in [-0.15, -0.1) is 0 Å². The van der Waals surface area contributed by atoms with Crippen molar-refractivity contribution in [1.29, 1.82) is 0 Å². The van der Waals surface area contributed by atoms with Crippen LogP contribution in [-0.2, 0) is 0 Å². The summed E-state index contributed by atoms with van der Waals surface area (Å²) in [5.41, 5.74) is 3.31. The number of aryl methyl sites for hydroxylation is 2. The van der Waals surface area contributed by atoms with Crippen LogP contribution in [0.15, 0.2) is 18.2 Å². The first-order valence-electron chi connectivity index (χ1n) is 5.36. The minimum Gasteiger partial charge on any atom is -0.368 e. The van der Waals surface area contributed by atoms with E-state index in [-0.39, 0.29) is 11.8 Å². The van der Waals surface area contributed by atoms with Gasteiger partial charge in [0.1, 0.15) is 0 Å². The van der Waals surface area contributed by atoms with Crippen molar-refractivity contribution < 1.29 is 10.2 Å². The van der Waals surface area contributed by atoms with Crippen LogP contribution in [0.1, 0.15) is 36.5 Å². The van der Waals surface area contributed by atoms with Crippen molar-refractivity contribution in [2.75, 3.05) is 0 Å². The molecule has 1 aromatic rings. The molecule has 84 valence electrons. The quantitative estimate of drug-likeness (QED) is 0.749. The number of rotatable bonds is 3. The molecule has 0 fully saturated rings. The second kappa shape index (κ2) is 4.77. The summed E-state index contributed by atoms with van der Waals surface area (Å²) in [6.45, 7) is 8.04. The lowest BCUT2D eigenvalue weighted by Crippen LogP contribution is -2.23. The molecule has 15 heavy (non-hydrogen) atoms. The Labute approximate surface area is 91.6 Å². The van der Waals surface area contributed by atoms with Crippen LogP contribution in [0.5, 0.6) is 0 Å². The minimum atomic E-state index is -1.29. The Hall–Kier alpha value is -0.860. The predicted molar refractivity (Wildman–Crippen MR) is 61.7 cm³/mol. The van der Waals surface area contributed by atoms with Crippen LogP contribution in [0, 0.1) is 19.8 Å². The average molecular weight is 208 g/mol. The molecule has 0 amide bonds. The molecule has 1 aromatic carbocycles. The monoisotopic (exact) mass is 208 g/mol. The smallest absolute Gasteiger partial charge is 0.158 e. The van der Waals surface area contributed by atoms with Gasteiger partial charge in [-0.3, -0.25) is 0 Å². The fourth-order valence-electron chi connectivity index (χ4n) is 1.98. The molecular formula is C13H20O2. The van der Waals surface area contributed by atoms with Crippen molar-refractivity contribution in [3.05, 3.63) is 34.9 Å². The summed E-state index contributed by atoms with van der Waals surface area (Å²) in [5, 5.41) is 18.8. The maximum Gasteiger partial charge on any atom is 0.158 e. The normalized spacial score (nSPS) is 13.6. The SMILES string of the molecule is Cc1ccc(C)c(C(C(C)C)C(O)O)c1. The molecule has 2 nitrogen and oxygen atoms in total. The van der Waals surface area contributed by atoms with Crippen LogP contribution in [0.2, 0.25) is 0 Å². The van der Waals surface area contributed by atoms with E-state index in [0.29, 0.717) is 0 Å². The molecule has 1 atom stereocenters. The highest BCUT2D eigenvalue weighted by atomic mass is 16.5. The van der Waals surface area contributed by atoms with Gasteiger partial charge in [-0.05, 0) is 30.9 Å². The van der Waals surface area contributed by atoms with E-state index in [1.807, 2.05) is 45.9 Å². The van der Waals surface area contributed by atoms with Gasteiger partial charge >= 0.3 is 0 Å². The van der Waals surface area contributed by atoms with Gasteiger partial charge in [0.05, 0.1) is 0 Å². The lowest BCUT2D eigenvalue weighted by Gasteiger charge is -2.25. The van der Waals surface area contributed by atoms with E-state index in [0.717, 1.165) is 16.7 Å². The number of hydrogen-bond acceptors (Lipinski definition) is 2. The summed E-state index contributed by atoms with van der Waals surface area (Å²) >= 11 is 0. The summed E-state index contributed by atoms with van der Waals surface area (Å²) in [4.78, 5) is 0. The van der Waals surface area contributed by atoms with Gasteiger partial charge in [-0.2, -0.15) is 0 Å². The fourth-order valence-corrected chi connectivity index (χ4v) is 1.98. The molecule has 0 aliphatic rings. The molecule has 0 aromatic heterocycles. The summed E-state index contributed by atoms with van der Waals surface area (Å²) in [7, 11) is 0. The van der Waals surface area contributed by atoms with Crippen molar-refractivity contribution in [3.8, 4) is 0 Å². The Morgan fingerprint density at radius 2 is 1.67 bits per heavy atom. The molecule has 1 rings (SSSR count). The van der Waals surface area contributed by atoms with E-state index in [1.54, 1.807) is 0 Å². The molecule has 2 heteroatoms. The number of hydrogen-bond donors (Lipinski definition) is 2. The second-order valence-corrected chi connectivity index (χ2v) is 4.54. The molecule has 0 aliphatic carbocycles. The number of aliphatic hydroxyl groups excluding tert-OH is 1. The van der Waals surface area contributed by atoms with Gasteiger partial charge in [0.25, 0.3) is 0 Å². The van der Waals surface area contributed by atoms with Gasteiger partial charge in [0, 0.05) is 5.92 Å². The first-order valence-corrected chi connectivity index (χ1v) is 5.36. The molecule has 0 spiro atoms. The third-order valence-corrected chi connectivity index (χ3v) is 2.83. The Morgan fingerprint density at radius 1 is 1.07 bits per heavy atom. The van der Waals surface area contributed by atoms with Gasteiger partial charge in [-0.1, -0.05) is 37.6 Å². The average Bonchev–Trinajstić information content (AvgIpc) is 2.10. The Bertz CT molecular complexity index is 321. The highest BCUT2D eigenvalue weighted by molar-refractivity contribution is 5.34. The van der Waals surface area contributed by atoms with E-state index >= 15 is 0 Å². The Kier molecular flexibility index (Phi) is 3.89. The first-order chi connectivity index (χ1) is 6.93. The van der Waals surface area contributed by atoms with Crippen LogP contribution in [0.4, 0.5) is 0 Å². The highest BCUT2D eigenvalue weighted by Gasteiger charge is 2.24. The van der Waals surface area contributed by atoms with Crippen molar-refractivity contribution in [3.63, 3.8) is 0 Å². The van der Waals surface area contributed by atoms with Crippen LogP contribution in [-0.4, -0.2) is 16.5 Å². The Balaban J connectivity index is 3.16. The number of aliphatic hydroxyl groups is 2. The molecule has 0 saturated carbocycles. The third kappa shape index (κ3) is 2.80. The predicted octanol–water partition coefficient (Wildman–Crippen LogP) is 2.35. The van der Waals surface area contributed by atoms with Crippen LogP contribution >= 0.6 is 0 Å². The van der Waals surface area contributed by atoms with Crippen LogP contribution in [0.3, 0.4) is 0 Å². The van der Waals surface area contributed by atoms with E-state index in [2.05, 4.69) is 0 Å². The zero-order valence-corrected chi connectivity index (χ0v) is 9.86. The van der Waals surface area contributed by atoms with Gasteiger partial charge in [0.2, 0.25) is 0 Å². The second-order valence-electron chi connectivity index (χ2n) is 4.54. The molecule has 0 heterocycles. The standard InChI is InChI=1S/C13H20O2/c1-8(2)12(13(14)15)11-7-9(3)5-6-10(11)4/h5-8,12-15H,1-4H3. The summed E-state index contributed by atoms with van der Waals surface area (Å²) in [6.07, 6.45) is -1.29. The highest BCUT2D eigenvalue weighted by Crippen LogP contribution is 2.30. The van der Waals surface area contributed by atoms with E-state index < -0.39 is 6.29 Å². The van der Waals surface area contributed by atoms with Gasteiger partial charge < -0.3 is 10.2 Å². The van der Waals surface area contributed by atoms with E-state index in [1.165, 1.54) is 0 Å². The molecule has 0 radical (unpaired) electrons. The zero-order valence-electron chi connectivity index (χ0n) is 9.86. The molecule has 0 saturated heterocycles. The van der Waals surface area contributed by atoms with Gasteiger partial charge in [-0.25, -0.2) is 0 Å². The molecule has 1 unspecified atom stereocenters. The maximum absolute atomic E-state index is 9.41. The molecule has 0 bridgehead atoms. The minimum absolute atomic E-state index is 0.204. The summed E-state index contributed by atoms with van der Waals surface area (Å²) in [5.74, 6) is 0.00963. The Morgan fingerprint density at radius 3 is 2.13 bits per heavy atom. The van der Waals surface area contributed by atoms with Crippen molar-refractivity contribution in [2.24, 2.45) is 5.92 Å². The lowest BCUT2D eigenvalue weighted by atomic mass is 9.84. The maximum atomic E-state index is 9.41. The zero-order chi connectivity index (χ0) is 11.6. The van der Waals surface area contributed by atoms with Crippen LogP contribution in [0.25, 0.3) is 0 Å². The summed E-state index contributed by atoms with van der Waals surface area (Å²) in [6, 6.07) is 6.11. The molecule has 2 N–H and O–H groups in total. The van der Waals surface area contributed by atoms with Crippen molar-refractivity contribution in [1.82, 2.24) is 0 Å². The van der Waals surface area contributed by atoms with Crippen molar-refractivity contribution in [2.45, 2.75) is 39.9 Å². The first kappa shape index (κ1) is 12.2. The van der Waals surface area contributed by atoms with Crippen molar-refractivity contribution >= 4 is 0 Å². The van der Waals surface area contributed by atoms with E-state index in [4.69, 9.17) is 0 Å². The number of benzene rings is 1. The fraction of sp³-hybridized carbons (Fsp3) is 0.538. The van der Waals surface area contributed by atoms with Crippen LogP contribution < -0.4 is 0 Å². The topological polar surface area (TPSA) is 40.5 Å².